The Morgan fingerprint density at radius 3 is 2.72 bits per heavy atom. The number of rotatable bonds is 6. The zero-order valence-electron chi connectivity index (χ0n) is 22.0. The van der Waals surface area contributed by atoms with Crippen LogP contribution in [0.15, 0.2) is 29.0 Å². The number of nitrogens with one attached hydrogen (secondary N) is 2. The summed E-state index contributed by atoms with van der Waals surface area (Å²) in [4.78, 5) is 18.6. The highest BCUT2D eigenvalue weighted by Gasteiger charge is 2.38. The number of hydrogen-bond acceptors (Lipinski definition) is 8. The molecule has 9 nitrogen and oxygen atoms in total. The molecule has 3 atom stereocenters. The van der Waals surface area contributed by atoms with Crippen molar-refractivity contribution >= 4 is 17.0 Å². The maximum Gasteiger partial charge on any atom is 0.419 e. The van der Waals surface area contributed by atoms with Crippen LogP contribution in [0.5, 0.6) is 0 Å². The molecule has 1 unspecified atom stereocenters. The van der Waals surface area contributed by atoms with Crippen LogP contribution in [0.2, 0.25) is 0 Å². The number of hydrogen-bond donors (Lipinski definition) is 2. The quantitative estimate of drug-likeness (QED) is 0.336. The monoisotopic (exact) mass is 541 g/mol. The summed E-state index contributed by atoms with van der Waals surface area (Å²) >= 11 is 0. The van der Waals surface area contributed by atoms with E-state index in [9.17, 15) is 13.2 Å². The molecule has 2 fully saturated rings. The van der Waals surface area contributed by atoms with Crippen LogP contribution in [-0.4, -0.2) is 68.4 Å². The first kappa shape index (κ1) is 25.8. The van der Waals surface area contributed by atoms with Gasteiger partial charge in [-0.3, -0.25) is 4.90 Å². The number of fused-ring (bicyclic) bond motifs is 1. The molecular formula is C27H30F3N7O2. The van der Waals surface area contributed by atoms with Gasteiger partial charge in [0.15, 0.2) is 0 Å². The number of aromatic nitrogens is 5. The molecule has 206 valence electrons. The van der Waals surface area contributed by atoms with E-state index in [1.165, 1.54) is 6.20 Å². The molecule has 0 bridgehead atoms. The van der Waals surface area contributed by atoms with Gasteiger partial charge in [0, 0.05) is 55.6 Å². The lowest BCUT2D eigenvalue weighted by atomic mass is 10.1. The van der Waals surface area contributed by atoms with E-state index >= 15 is 0 Å². The molecule has 1 saturated carbocycles. The number of pyridine rings is 1. The van der Waals surface area contributed by atoms with E-state index in [0.717, 1.165) is 50.5 Å². The minimum absolute atomic E-state index is 0.0486. The molecule has 0 radical (unpaired) electrons. The average molecular weight is 542 g/mol. The second-order valence-corrected chi connectivity index (χ2v) is 10.3. The maximum absolute atomic E-state index is 14.1. The van der Waals surface area contributed by atoms with Gasteiger partial charge in [0.25, 0.3) is 0 Å². The first-order valence-corrected chi connectivity index (χ1v) is 13.1. The van der Waals surface area contributed by atoms with E-state index < -0.39 is 11.7 Å². The predicted molar refractivity (Wildman–Crippen MR) is 139 cm³/mol. The molecule has 1 aliphatic heterocycles. The minimum Gasteiger partial charge on any atom is -0.380 e. The van der Waals surface area contributed by atoms with E-state index in [-0.39, 0.29) is 29.8 Å². The lowest BCUT2D eigenvalue weighted by Gasteiger charge is -2.30. The minimum atomic E-state index is -4.62. The van der Waals surface area contributed by atoms with Crippen molar-refractivity contribution in [2.75, 3.05) is 25.5 Å². The molecule has 0 aromatic carbocycles. The predicted octanol–water partition coefficient (Wildman–Crippen LogP) is 5.36. The number of ether oxygens (including phenoxy) is 1. The molecule has 1 saturated heterocycles. The Morgan fingerprint density at radius 2 is 2.00 bits per heavy atom. The highest BCUT2D eigenvalue weighted by molar-refractivity contribution is 5.94. The average Bonchev–Trinajstić information content (AvgIpc) is 3.70. The molecule has 1 aliphatic carbocycles. The fraction of sp³-hybridized carbons (Fsp3) is 0.481. The summed E-state index contributed by atoms with van der Waals surface area (Å²) in [7, 11) is 1.73. The van der Waals surface area contributed by atoms with Crippen molar-refractivity contribution < 1.29 is 22.4 Å². The summed E-state index contributed by atoms with van der Waals surface area (Å²) in [6.45, 7) is 5.41. The highest BCUT2D eigenvalue weighted by Crippen LogP contribution is 2.39. The van der Waals surface area contributed by atoms with Crippen LogP contribution in [0.25, 0.3) is 33.5 Å². The molecule has 2 N–H and O–H groups in total. The Kier molecular flexibility index (Phi) is 6.54. The Balaban J connectivity index is 1.34. The lowest BCUT2D eigenvalue weighted by Crippen LogP contribution is -2.43. The number of nitrogens with zero attached hydrogens (tertiary/aromatic N) is 5. The summed E-state index contributed by atoms with van der Waals surface area (Å²) in [5.74, 6) is 0.806. The van der Waals surface area contributed by atoms with Gasteiger partial charge < -0.3 is 19.6 Å². The van der Waals surface area contributed by atoms with Crippen molar-refractivity contribution in [3.63, 3.8) is 0 Å². The largest absolute Gasteiger partial charge is 0.419 e. The van der Waals surface area contributed by atoms with Crippen molar-refractivity contribution in [3.05, 3.63) is 41.5 Å². The Morgan fingerprint density at radius 1 is 1.15 bits per heavy atom. The number of alkyl halides is 3. The van der Waals surface area contributed by atoms with E-state index in [1.807, 2.05) is 6.92 Å². The van der Waals surface area contributed by atoms with Gasteiger partial charge in [-0.05, 0) is 51.7 Å². The van der Waals surface area contributed by atoms with Gasteiger partial charge in [-0.2, -0.15) is 13.2 Å². The first-order chi connectivity index (χ1) is 18.7. The summed E-state index contributed by atoms with van der Waals surface area (Å²) in [6, 6.07) is 3.82. The summed E-state index contributed by atoms with van der Waals surface area (Å²) < 4.78 is 53.0. The zero-order chi connectivity index (χ0) is 27.3. The van der Waals surface area contributed by atoms with Gasteiger partial charge in [0.05, 0.1) is 28.7 Å². The summed E-state index contributed by atoms with van der Waals surface area (Å²) in [5, 5.41) is 7.86. The molecule has 0 amide bonds. The topological polar surface area (TPSA) is 105 Å². The summed E-state index contributed by atoms with van der Waals surface area (Å²) in [6.07, 6.45) is 1.91. The van der Waals surface area contributed by atoms with E-state index in [0.29, 0.717) is 33.7 Å². The van der Waals surface area contributed by atoms with Gasteiger partial charge in [0.1, 0.15) is 17.0 Å². The number of H-pyrrole nitrogens is 1. The fourth-order valence-corrected chi connectivity index (χ4v) is 6.01. The SMILES string of the molecule is COC1CCN([C@H]2CCC[C@@H]2Nc2ncc(C(F)(F)F)c(-c3c[nH]c4nc(-c5c(C)noc5C)ccc34)n2)C1. The normalized spacial score (nSPS) is 22.3. The van der Waals surface area contributed by atoms with Crippen LogP contribution in [0.1, 0.15) is 42.7 Å². The number of aryl methyl sites for hydroxylation is 2. The number of halogens is 3. The van der Waals surface area contributed by atoms with E-state index in [2.05, 4.69) is 35.3 Å². The third kappa shape index (κ3) is 4.76. The van der Waals surface area contributed by atoms with Crippen LogP contribution in [-0.2, 0) is 10.9 Å². The molecule has 0 spiro atoms. The Labute approximate surface area is 223 Å². The second kappa shape index (κ2) is 9.91. The van der Waals surface area contributed by atoms with E-state index in [1.54, 1.807) is 26.2 Å². The zero-order valence-corrected chi connectivity index (χ0v) is 22.0. The maximum atomic E-state index is 14.1. The van der Waals surface area contributed by atoms with E-state index in [4.69, 9.17) is 9.26 Å². The number of methoxy groups -OCH3 is 1. The van der Waals surface area contributed by atoms with Crippen molar-refractivity contribution in [2.45, 2.75) is 63.9 Å². The highest BCUT2D eigenvalue weighted by atomic mass is 19.4. The van der Waals surface area contributed by atoms with Crippen LogP contribution in [0, 0.1) is 13.8 Å². The Hall–Kier alpha value is -3.51. The van der Waals surface area contributed by atoms with Crippen LogP contribution in [0.4, 0.5) is 19.1 Å². The molecule has 5 heterocycles. The standard InChI is InChI=1S/C27H30F3N7O2/c1-14-23(15(2)39-36-14)21-8-7-17-18(11-31-25(17)33-21)24-19(27(28,29)30)12-32-26(35-24)34-20-5-4-6-22(20)37-10-9-16(13-37)38-3/h7-8,11-12,16,20,22H,4-6,9-10,13H2,1-3H3,(H,31,33)(H,32,34,35)/t16?,20-,22-/m0/s1. The third-order valence-electron chi connectivity index (χ3n) is 7.95. The van der Waals surface area contributed by atoms with Crippen LogP contribution in [0.3, 0.4) is 0 Å². The molecule has 6 rings (SSSR count). The molecule has 4 aromatic heterocycles. The van der Waals surface area contributed by atoms with Gasteiger partial charge >= 0.3 is 6.18 Å². The fourth-order valence-electron chi connectivity index (χ4n) is 6.01. The lowest BCUT2D eigenvalue weighted by molar-refractivity contribution is -0.137. The molecule has 39 heavy (non-hydrogen) atoms. The third-order valence-corrected chi connectivity index (χ3v) is 7.95. The Bertz CT molecular complexity index is 1480. The number of likely N-dealkylation sites (tertiary alicyclic amines) is 1. The molecule has 12 heteroatoms. The van der Waals surface area contributed by atoms with Gasteiger partial charge in [-0.1, -0.05) is 5.16 Å². The molecular weight excluding hydrogens is 511 g/mol. The van der Waals surface area contributed by atoms with Crippen molar-refractivity contribution in [1.82, 2.24) is 30.0 Å². The molecule has 4 aromatic rings. The molecule has 2 aliphatic rings. The second-order valence-electron chi connectivity index (χ2n) is 10.3. The smallest absolute Gasteiger partial charge is 0.380 e. The summed E-state index contributed by atoms with van der Waals surface area (Å²) in [5.41, 5.74) is 1.75. The van der Waals surface area contributed by atoms with Crippen molar-refractivity contribution in [1.29, 1.82) is 0 Å². The van der Waals surface area contributed by atoms with Gasteiger partial charge in [-0.15, -0.1) is 0 Å². The van der Waals surface area contributed by atoms with Crippen molar-refractivity contribution in [2.24, 2.45) is 0 Å². The van der Waals surface area contributed by atoms with Gasteiger partial charge in [-0.25, -0.2) is 15.0 Å². The first-order valence-electron chi connectivity index (χ1n) is 13.1. The van der Waals surface area contributed by atoms with Crippen molar-refractivity contribution in [3.8, 4) is 22.5 Å². The van der Waals surface area contributed by atoms with Crippen LogP contribution >= 0.6 is 0 Å². The number of anilines is 1. The van der Waals surface area contributed by atoms with Crippen LogP contribution < -0.4 is 5.32 Å². The van der Waals surface area contributed by atoms with Gasteiger partial charge in [0.2, 0.25) is 5.95 Å². The number of aromatic amines is 1.